The molecule has 1 amide bonds. The van der Waals surface area contributed by atoms with Crippen molar-refractivity contribution in [3.05, 3.63) is 57.7 Å². The molecule has 1 aliphatic rings. The Morgan fingerprint density at radius 1 is 1.08 bits per heavy atom. The minimum Gasteiger partial charge on any atom is -0.381 e. The van der Waals surface area contributed by atoms with Gasteiger partial charge in [-0.25, -0.2) is 0 Å². The third kappa shape index (κ3) is 4.27. The summed E-state index contributed by atoms with van der Waals surface area (Å²) in [6.45, 7) is 2.01. The number of amides is 1. The highest BCUT2D eigenvalue weighted by Crippen LogP contribution is 2.23. The molecule has 3 rings (SSSR count). The van der Waals surface area contributed by atoms with Crippen molar-refractivity contribution in [1.82, 2.24) is 0 Å². The van der Waals surface area contributed by atoms with Crippen molar-refractivity contribution >= 4 is 39.9 Å². The molecule has 24 heavy (non-hydrogen) atoms. The molecule has 4 nitrogen and oxygen atoms in total. The number of rotatable bonds is 4. The first kappa shape index (κ1) is 17.2. The van der Waals surface area contributed by atoms with Crippen LogP contribution in [0.25, 0.3) is 0 Å². The Morgan fingerprint density at radius 3 is 2.29 bits per heavy atom. The predicted molar refractivity (Wildman–Crippen MR) is 106 cm³/mol. The molecule has 0 aromatic heterocycles. The average Bonchev–Trinajstić information content (AvgIpc) is 2.63. The summed E-state index contributed by atoms with van der Waals surface area (Å²) in [4.78, 5) is 14.6. The van der Waals surface area contributed by atoms with E-state index in [2.05, 4.69) is 44.9 Å². The van der Waals surface area contributed by atoms with Crippen LogP contribution >= 0.6 is 22.6 Å². The van der Waals surface area contributed by atoms with Crippen LogP contribution in [0.5, 0.6) is 0 Å². The lowest BCUT2D eigenvalue weighted by molar-refractivity contribution is 0.0819. The first-order valence-corrected chi connectivity index (χ1v) is 9.18. The molecule has 2 aromatic rings. The Kier molecular flexibility index (Phi) is 5.73. The van der Waals surface area contributed by atoms with Crippen LogP contribution in [0.2, 0.25) is 0 Å². The maximum absolute atomic E-state index is 12.2. The highest BCUT2D eigenvalue weighted by Gasteiger charge is 2.18. The van der Waals surface area contributed by atoms with Crippen LogP contribution in [0, 0.1) is 3.57 Å². The van der Waals surface area contributed by atoms with Crippen LogP contribution in [0.1, 0.15) is 23.2 Å². The van der Waals surface area contributed by atoms with Gasteiger partial charge in [0, 0.05) is 40.7 Å². The normalized spacial score (nSPS) is 15.3. The van der Waals surface area contributed by atoms with Crippen molar-refractivity contribution in [2.24, 2.45) is 0 Å². The van der Waals surface area contributed by atoms with Gasteiger partial charge in [0.05, 0.1) is 6.10 Å². The Morgan fingerprint density at radius 2 is 1.71 bits per heavy atom. The predicted octanol–water partition coefficient (Wildman–Crippen LogP) is 4.16. The van der Waals surface area contributed by atoms with Crippen LogP contribution in [0.3, 0.4) is 0 Å². The van der Waals surface area contributed by atoms with Gasteiger partial charge in [-0.3, -0.25) is 4.79 Å². The van der Waals surface area contributed by atoms with Crippen molar-refractivity contribution in [2.75, 3.05) is 30.4 Å². The molecular formula is C19H21IN2O2. The Bertz CT molecular complexity index is 678. The van der Waals surface area contributed by atoms with Gasteiger partial charge in [0.1, 0.15) is 0 Å². The van der Waals surface area contributed by atoms with Crippen molar-refractivity contribution in [3.8, 4) is 0 Å². The van der Waals surface area contributed by atoms with Crippen LogP contribution in [0.4, 0.5) is 11.4 Å². The van der Waals surface area contributed by atoms with Gasteiger partial charge in [-0.15, -0.1) is 0 Å². The number of nitrogens with zero attached hydrogens (tertiary/aromatic N) is 1. The number of piperidine rings is 1. The molecule has 0 saturated carbocycles. The number of ether oxygens (including phenoxy) is 1. The van der Waals surface area contributed by atoms with Crippen LogP contribution in [-0.2, 0) is 4.74 Å². The van der Waals surface area contributed by atoms with E-state index in [0.717, 1.165) is 35.2 Å². The zero-order valence-corrected chi connectivity index (χ0v) is 15.8. The number of nitrogens with one attached hydrogen (secondary N) is 1. The smallest absolute Gasteiger partial charge is 0.255 e. The average molecular weight is 436 g/mol. The van der Waals surface area contributed by atoms with E-state index in [-0.39, 0.29) is 5.91 Å². The zero-order chi connectivity index (χ0) is 16.9. The summed E-state index contributed by atoms with van der Waals surface area (Å²) in [5.74, 6) is -0.0833. The molecule has 5 heteroatoms. The monoisotopic (exact) mass is 436 g/mol. The number of hydrogen-bond acceptors (Lipinski definition) is 3. The van der Waals surface area contributed by atoms with Crippen molar-refractivity contribution in [3.63, 3.8) is 0 Å². The number of methoxy groups -OCH3 is 1. The molecule has 0 spiro atoms. The first-order valence-electron chi connectivity index (χ1n) is 8.10. The second-order valence-corrected chi connectivity index (χ2v) is 7.18. The lowest BCUT2D eigenvalue weighted by Gasteiger charge is -2.33. The molecule has 2 aromatic carbocycles. The van der Waals surface area contributed by atoms with Gasteiger partial charge < -0.3 is 15.0 Å². The summed E-state index contributed by atoms with van der Waals surface area (Å²) < 4.78 is 6.53. The Balaban J connectivity index is 1.60. The quantitative estimate of drug-likeness (QED) is 0.733. The fraction of sp³-hybridized carbons (Fsp3) is 0.316. The van der Waals surface area contributed by atoms with E-state index >= 15 is 0 Å². The van der Waals surface area contributed by atoms with Gasteiger partial charge in [0.25, 0.3) is 5.91 Å². The van der Waals surface area contributed by atoms with E-state index in [9.17, 15) is 4.79 Å². The molecule has 0 radical (unpaired) electrons. The standard InChI is InChI=1S/C19H21IN2O2/c1-24-18-10-12-22(13-11-18)17-8-6-16(7-9-17)21-19(23)14-2-4-15(20)5-3-14/h2-9,18H,10-13H2,1H3,(H,21,23). The second-order valence-electron chi connectivity index (χ2n) is 5.93. The van der Waals surface area contributed by atoms with Crippen LogP contribution in [0.15, 0.2) is 48.5 Å². The summed E-state index contributed by atoms with van der Waals surface area (Å²) in [6.07, 6.45) is 2.50. The van der Waals surface area contributed by atoms with E-state index in [1.54, 1.807) is 7.11 Å². The van der Waals surface area contributed by atoms with Crippen LogP contribution in [-0.4, -0.2) is 32.2 Å². The van der Waals surface area contributed by atoms with Crippen molar-refractivity contribution < 1.29 is 9.53 Å². The Hall–Kier alpha value is -1.60. The number of halogens is 1. The minimum atomic E-state index is -0.0833. The first-order chi connectivity index (χ1) is 11.7. The molecular weight excluding hydrogens is 415 g/mol. The number of carbonyl (C=O) groups excluding carboxylic acids is 1. The fourth-order valence-corrected chi connectivity index (χ4v) is 3.27. The molecule has 1 saturated heterocycles. The van der Waals surface area contributed by atoms with E-state index in [4.69, 9.17) is 4.74 Å². The third-order valence-corrected chi connectivity index (χ3v) is 5.09. The highest BCUT2D eigenvalue weighted by molar-refractivity contribution is 14.1. The number of carbonyl (C=O) groups is 1. The second kappa shape index (κ2) is 7.98. The molecule has 0 bridgehead atoms. The molecule has 126 valence electrons. The van der Waals surface area contributed by atoms with Crippen molar-refractivity contribution in [1.29, 1.82) is 0 Å². The minimum absolute atomic E-state index is 0.0833. The van der Waals surface area contributed by atoms with Gasteiger partial charge in [-0.1, -0.05) is 0 Å². The summed E-state index contributed by atoms with van der Waals surface area (Å²) in [5.41, 5.74) is 2.67. The largest absolute Gasteiger partial charge is 0.381 e. The van der Waals surface area contributed by atoms with Gasteiger partial charge in [0.15, 0.2) is 0 Å². The maximum Gasteiger partial charge on any atom is 0.255 e. The molecule has 0 atom stereocenters. The van der Waals surface area contributed by atoms with Gasteiger partial charge in [0.2, 0.25) is 0 Å². The SMILES string of the molecule is COC1CCN(c2ccc(NC(=O)c3ccc(I)cc3)cc2)CC1. The number of benzene rings is 2. The zero-order valence-electron chi connectivity index (χ0n) is 13.7. The fourth-order valence-electron chi connectivity index (χ4n) is 2.91. The van der Waals surface area contributed by atoms with Crippen LogP contribution < -0.4 is 10.2 Å². The number of anilines is 2. The summed E-state index contributed by atoms with van der Waals surface area (Å²) in [6, 6.07) is 15.6. The molecule has 1 heterocycles. The topological polar surface area (TPSA) is 41.6 Å². The van der Waals surface area contributed by atoms with E-state index in [1.807, 2.05) is 36.4 Å². The highest BCUT2D eigenvalue weighted by atomic mass is 127. The van der Waals surface area contributed by atoms with Crippen molar-refractivity contribution in [2.45, 2.75) is 18.9 Å². The maximum atomic E-state index is 12.2. The van der Waals surface area contributed by atoms with E-state index in [0.29, 0.717) is 11.7 Å². The molecule has 1 N–H and O–H groups in total. The Labute approximate surface area is 156 Å². The molecule has 0 unspecified atom stereocenters. The van der Waals surface area contributed by atoms with Gasteiger partial charge in [-0.05, 0) is 84.0 Å². The lowest BCUT2D eigenvalue weighted by Crippen LogP contribution is -2.36. The third-order valence-electron chi connectivity index (χ3n) is 4.37. The number of hydrogen-bond donors (Lipinski definition) is 1. The molecule has 1 aliphatic heterocycles. The summed E-state index contributed by atoms with van der Waals surface area (Å²) in [5, 5.41) is 2.94. The lowest BCUT2D eigenvalue weighted by atomic mass is 10.1. The molecule has 0 aliphatic carbocycles. The van der Waals surface area contributed by atoms with E-state index in [1.165, 1.54) is 5.69 Å². The van der Waals surface area contributed by atoms with Gasteiger partial charge >= 0.3 is 0 Å². The summed E-state index contributed by atoms with van der Waals surface area (Å²) in [7, 11) is 1.78. The molecule has 1 fully saturated rings. The van der Waals surface area contributed by atoms with E-state index < -0.39 is 0 Å². The van der Waals surface area contributed by atoms with Gasteiger partial charge in [-0.2, -0.15) is 0 Å². The summed E-state index contributed by atoms with van der Waals surface area (Å²) >= 11 is 2.23.